The molecule has 1 aliphatic rings. The van der Waals surface area contributed by atoms with Crippen LogP contribution in [-0.2, 0) is 4.79 Å². The van der Waals surface area contributed by atoms with Crippen molar-refractivity contribution in [1.29, 1.82) is 0 Å². The van der Waals surface area contributed by atoms with Crippen LogP contribution in [-0.4, -0.2) is 35.8 Å². The van der Waals surface area contributed by atoms with E-state index in [1.807, 2.05) is 18.7 Å². The highest BCUT2D eigenvalue weighted by Gasteiger charge is 2.26. The van der Waals surface area contributed by atoms with Crippen LogP contribution >= 0.6 is 11.6 Å². The minimum atomic E-state index is 0.0114. The Balaban J connectivity index is 1.86. The lowest BCUT2D eigenvalue weighted by Gasteiger charge is -2.33. The lowest BCUT2D eigenvalue weighted by Crippen LogP contribution is -2.47. The maximum atomic E-state index is 12.5. The molecular weight excluding hydrogens is 312 g/mol. The molecule has 1 fully saturated rings. The zero-order valence-corrected chi connectivity index (χ0v) is 14.6. The highest BCUT2D eigenvalue weighted by atomic mass is 35.5. The number of halogens is 1. The molecule has 0 atom stereocenters. The van der Waals surface area contributed by atoms with Gasteiger partial charge in [-0.15, -0.1) is 0 Å². The van der Waals surface area contributed by atoms with Gasteiger partial charge in [-0.05, 0) is 43.9 Å². The average Bonchev–Trinajstić information content (AvgIpc) is 2.56. The summed E-state index contributed by atoms with van der Waals surface area (Å²) in [5, 5.41) is 3.70. The zero-order chi connectivity index (χ0) is 16.8. The first kappa shape index (κ1) is 17.8. The van der Waals surface area contributed by atoms with Crippen molar-refractivity contribution in [2.24, 2.45) is 5.92 Å². The topological polar surface area (TPSA) is 49.4 Å². The maximum absolute atomic E-state index is 12.5. The van der Waals surface area contributed by atoms with Gasteiger partial charge >= 0.3 is 0 Å². The zero-order valence-electron chi connectivity index (χ0n) is 13.8. The van der Waals surface area contributed by atoms with Crippen molar-refractivity contribution >= 4 is 23.4 Å². The van der Waals surface area contributed by atoms with Gasteiger partial charge in [0.05, 0.1) is 0 Å². The van der Waals surface area contributed by atoms with Crippen molar-refractivity contribution in [1.82, 2.24) is 10.2 Å². The average molecular weight is 337 g/mol. The monoisotopic (exact) mass is 336 g/mol. The third kappa shape index (κ3) is 4.71. The number of hydrogen-bond acceptors (Lipinski definition) is 2. The molecule has 0 bridgehead atoms. The van der Waals surface area contributed by atoms with E-state index in [2.05, 4.69) is 5.32 Å². The smallest absolute Gasteiger partial charge is 0.253 e. The Hall–Kier alpha value is -1.55. The third-order valence-electron chi connectivity index (χ3n) is 4.56. The van der Waals surface area contributed by atoms with Crippen molar-refractivity contribution in [3.05, 3.63) is 34.9 Å². The summed E-state index contributed by atoms with van der Waals surface area (Å²) in [4.78, 5) is 26.4. The van der Waals surface area contributed by atoms with E-state index in [1.54, 1.807) is 24.3 Å². The molecule has 0 saturated carbocycles. The highest BCUT2D eigenvalue weighted by Crippen LogP contribution is 2.17. The van der Waals surface area contributed by atoms with Crippen LogP contribution in [0.3, 0.4) is 0 Å². The number of amides is 2. The van der Waals surface area contributed by atoms with Gasteiger partial charge in [-0.2, -0.15) is 0 Å². The summed E-state index contributed by atoms with van der Waals surface area (Å²) in [6.45, 7) is 5.42. The van der Waals surface area contributed by atoms with Crippen LogP contribution < -0.4 is 5.32 Å². The van der Waals surface area contributed by atoms with Crippen molar-refractivity contribution in [3.63, 3.8) is 0 Å². The summed E-state index contributed by atoms with van der Waals surface area (Å²) >= 11 is 5.95. The van der Waals surface area contributed by atoms with Gasteiger partial charge in [-0.1, -0.05) is 31.5 Å². The minimum absolute atomic E-state index is 0.0114. The first-order valence-corrected chi connectivity index (χ1v) is 8.78. The third-order valence-corrected chi connectivity index (χ3v) is 4.79. The first-order chi connectivity index (χ1) is 11.0. The molecule has 1 aromatic carbocycles. The minimum Gasteiger partial charge on any atom is -0.353 e. The van der Waals surface area contributed by atoms with Gasteiger partial charge in [0.25, 0.3) is 5.91 Å². The fourth-order valence-electron chi connectivity index (χ4n) is 3.01. The lowest BCUT2D eigenvalue weighted by molar-refractivity contribution is -0.126. The quantitative estimate of drug-likeness (QED) is 0.894. The van der Waals surface area contributed by atoms with E-state index in [0.29, 0.717) is 23.7 Å². The summed E-state index contributed by atoms with van der Waals surface area (Å²) in [6.07, 6.45) is 3.35. The van der Waals surface area contributed by atoms with Crippen molar-refractivity contribution in [2.45, 2.75) is 45.6 Å². The van der Waals surface area contributed by atoms with Crippen LogP contribution in [0.25, 0.3) is 0 Å². The number of carbonyl (C=O) groups excluding carboxylic acids is 2. The van der Waals surface area contributed by atoms with E-state index in [-0.39, 0.29) is 23.8 Å². The molecule has 1 N–H and O–H groups in total. The van der Waals surface area contributed by atoms with Crippen LogP contribution in [0.5, 0.6) is 0 Å². The Kier molecular flexibility index (Phi) is 6.46. The summed E-state index contributed by atoms with van der Waals surface area (Å²) in [7, 11) is 0. The van der Waals surface area contributed by atoms with E-state index in [9.17, 15) is 9.59 Å². The molecule has 1 aromatic rings. The Morgan fingerprint density at radius 1 is 1.26 bits per heavy atom. The van der Waals surface area contributed by atoms with Gasteiger partial charge in [0.15, 0.2) is 0 Å². The van der Waals surface area contributed by atoms with E-state index in [1.165, 1.54) is 0 Å². The normalized spacial score (nSPS) is 15.7. The van der Waals surface area contributed by atoms with E-state index < -0.39 is 0 Å². The molecule has 126 valence electrons. The first-order valence-electron chi connectivity index (χ1n) is 8.40. The molecule has 1 saturated heterocycles. The predicted molar refractivity (Wildman–Crippen MR) is 92.6 cm³/mol. The molecule has 4 nitrogen and oxygen atoms in total. The number of benzene rings is 1. The van der Waals surface area contributed by atoms with Gasteiger partial charge < -0.3 is 10.2 Å². The molecule has 2 rings (SSSR count). The second-order valence-corrected chi connectivity index (χ2v) is 6.54. The molecule has 5 heteroatoms. The maximum Gasteiger partial charge on any atom is 0.253 e. The van der Waals surface area contributed by atoms with Crippen LogP contribution in [0.2, 0.25) is 5.02 Å². The van der Waals surface area contributed by atoms with Crippen molar-refractivity contribution < 1.29 is 9.59 Å². The molecule has 0 aliphatic carbocycles. The number of likely N-dealkylation sites (tertiary alicyclic amines) is 1. The number of nitrogens with zero attached hydrogens (tertiary/aromatic N) is 1. The van der Waals surface area contributed by atoms with Crippen LogP contribution in [0.4, 0.5) is 0 Å². The number of hydrogen-bond donors (Lipinski definition) is 1. The summed E-state index contributed by atoms with van der Waals surface area (Å²) < 4.78 is 0. The van der Waals surface area contributed by atoms with Gasteiger partial charge in [0.1, 0.15) is 0 Å². The van der Waals surface area contributed by atoms with Gasteiger partial charge in [-0.25, -0.2) is 0 Å². The molecule has 2 amide bonds. The Bertz CT molecular complexity index is 550. The number of carbonyl (C=O) groups is 2. The predicted octanol–water partition coefficient (Wildman–Crippen LogP) is 3.50. The SMILES string of the molecule is CCC(CC)C(=O)NC1CCN(C(=O)c2cccc(Cl)c2)CC1. The summed E-state index contributed by atoms with van der Waals surface area (Å²) in [6, 6.07) is 7.21. The Morgan fingerprint density at radius 3 is 2.48 bits per heavy atom. The molecule has 0 radical (unpaired) electrons. The van der Waals surface area contributed by atoms with Crippen molar-refractivity contribution in [3.8, 4) is 0 Å². The van der Waals surface area contributed by atoms with Crippen LogP contribution in [0.1, 0.15) is 49.9 Å². The molecule has 0 unspecified atom stereocenters. The highest BCUT2D eigenvalue weighted by molar-refractivity contribution is 6.30. The van der Waals surface area contributed by atoms with Gasteiger partial charge in [-0.3, -0.25) is 9.59 Å². The second-order valence-electron chi connectivity index (χ2n) is 6.10. The second kappa shape index (κ2) is 8.34. The molecule has 0 aromatic heterocycles. The molecule has 1 heterocycles. The van der Waals surface area contributed by atoms with Gasteiger partial charge in [0.2, 0.25) is 5.91 Å². The van der Waals surface area contributed by atoms with Crippen LogP contribution in [0, 0.1) is 5.92 Å². The molecular formula is C18H25ClN2O2. The molecule has 0 spiro atoms. The summed E-state index contributed by atoms with van der Waals surface area (Å²) in [5.41, 5.74) is 0.622. The lowest BCUT2D eigenvalue weighted by atomic mass is 9.99. The standard InChI is InChI=1S/C18H25ClN2O2/c1-3-13(4-2)17(22)20-16-8-10-21(11-9-16)18(23)14-6-5-7-15(19)12-14/h5-7,12-13,16H,3-4,8-11H2,1-2H3,(H,20,22). The summed E-state index contributed by atoms with van der Waals surface area (Å²) in [5.74, 6) is 0.257. The van der Waals surface area contributed by atoms with Gasteiger partial charge in [0, 0.05) is 35.6 Å². The largest absolute Gasteiger partial charge is 0.353 e. The fraction of sp³-hybridized carbons (Fsp3) is 0.556. The Morgan fingerprint density at radius 2 is 1.91 bits per heavy atom. The Labute approximate surface area is 143 Å². The van der Waals surface area contributed by atoms with E-state index >= 15 is 0 Å². The van der Waals surface area contributed by atoms with E-state index in [0.717, 1.165) is 25.7 Å². The number of piperidine rings is 1. The molecule has 23 heavy (non-hydrogen) atoms. The fourth-order valence-corrected chi connectivity index (χ4v) is 3.20. The van der Waals surface area contributed by atoms with Crippen molar-refractivity contribution in [2.75, 3.05) is 13.1 Å². The van der Waals surface area contributed by atoms with Crippen LogP contribution in [0.15, 0.2) is 24.3 Å². The molecule has 1 aliphatic heterocycles. The number of nitrogens with one attached hydrogen (secondary N) is 1. The number of rotatable bonds is 5. The van der Waals surface area contributed by atoms with E-state index in [4.69, 9.17) is 11.6 Å².